The summed E-state index contributed by atoms with van der Waals surface area (Å²) < 4.78 is 31.9. The fourth-order valence-electron chi connectivity index (χ4n) is 2.74. The third-order valence-corrected chi connectivity index (χ3v) is 5.19. The number of carbonyl (C=O) groups is 1. The van der Waals surface area contributed by atoms with Gasteiger partial charge in [-0.05, 0) is 42.7 Å². The Hall–Kier alpha value is -3.52. The molecule has 1 fully saturated rings. The van der Waals surface area contributed by atoms with Crippen molar-refractivity contribution in [3.8, 4) is 28.7 Å². The van der Waals surface area contributed by atoms with E-state index in [1.54, 1.807) is 25.1 Å². The Morgan fingerprint density at radius 3 is 2.67 bits per heavy atom. The molecule has 3 rings (SSSR count). The van der Waals surface area contributed by atoms with Crippen LogP contribution in [0.1, 0.15) is 36.7 Å². The van der Waals surface area contributed by atoms with Crippen LogP contribution < -0.4 is 15.4 Å². The molecule has 0 saturated heterocycles. The lowest BCUT2D eigenvalue weighted by Gasteiger charge is -2.16. The van der Waals surface area contributed by atoms with Gasteiger partial charge in [0, 0.05) is 38.8 Å². The highest BCUT2D eigenvalue weighted by Gasteiger charge is 2.21. The molecule has 2 aromatic heterocycles. The molecule has 33 heavy (non-hydrogen) atoms. The molecule has 0 radical (unpaired) electrons. The van der Waals surface area contributed by atoms with E-state index in [0.29, 0.717) is 11.7 Å². The van der Waals surface area contributed by atoms with Crippen molar-refractivity contribution in [1.29, 1.82) is 5.41 Å². The van der Waals surface area contributed by atoms with E-state index in [2.05, 4.69) is 26.8 Å². The van der Waals surface area contributed by atoms with E-state index in [9.17, 15) is 13.6 Å². The molecule has 0 spiro atoms. The Bertz CT molecular complexity index is 1180. The molecule has 3 N–H and O–H groups in total. The van der Waals surface area contributed by atoms with Crippen molar-refractivity contribution in [1.82, 2.24) is 9.97 Å². The van der Waals surface area contributed by atoms with Crippen molar-refractivity contribution in [2.24, 2.45) is 16.6 Å². The molecule has 0 unspecified atom stereocenters. The molecule has 11 heteroatoms. The van der Waals surface area contributed by atoms with Gasteiger partial charge >= 0.3 is 0 Å². The summed E-state index contributed by atoms with van der Waals surface area (Å²) in [6.07, 6.45) is 1.72. The van der Waals surface area contributed by atoms with Gasteiger partial charge in [0.1, 0.15) is 22.3 Å². The van der Waals surface area contributed by atoms with Crippen molar-refractivity contribution in [2.45, 2.75) is 19.3 Å². The Morgan fingerprint density at radius 1 is 1.33 bits per heavy atom. The summed E-state index contributed by atoms with van der Waals surface area (Å²) in [7, 11) is 4.88. The van der Waals surface area contributed by atoms with E-state index in [-0.39, 0.29) is 34.1 Å². The maximum atomic E-state index is 13.3. The third kappa shape index (κ3) is 6.26. The van der Waals surface area contributed by atoms with Crippen LogP contribution >= 0.6 is 11.8 Å². The average Bonchev–Trinajstić information content (AvgIpc) is 3.61. The second-order valence-electron chi connectivity index (χ2n) is 7.32. The minimum absolute atomic E-state index is 0. The maximum Gasteiger partial charge on any atom is 0.281 e. The molecule has 1 saturated carbocycles. The zero-order valence-corrected chi connectivity index (χ0v) is 19.0. The number of alkyl halides is 2. The maximum absolute atomic E-state index is 13.3. The SMILES string of the molecule is COc1cnc(C(F)F)cc1-c1cc(N(C)C)ncc1C(=O)N=C(N)SC(=N)C#CC1CC1.[HH]. The van der Waals surface area contributed by atoms with Crippen molar-refractivity contribution >= 4 is 33.7 Å². The van der Waals surface area contributed by atoms with Crippen molar-refractivity contribution in [3.05, 3.63) is 35.8 Å². The van der Waals surface area contributed by atoms with Gasteiger partial charge in [-0.25, -0.2) is 13.8 Å². The van der Waals surface area contributed by atoms with Crippen LogP contribution in [0.4, 0.5) is 14.6 Å². The number of nitrogens with two attached hydrogens (primary N) is 1. The van der Waals surface area contributed by atoms with Crippen LogP contribution in [0, 0.1) is 23.2 Å². The molecule has 1 aliphatic carbocycles. The van der Waals surface area contributed by atoms with E-state index in [1.165, 1.54) is 25.6 Å². The first-order valence-electron chi connectivity index (χ1n) is 9.85. The first-order valence-corrected chi connectivity index (χ1v) is 10.7. The molecule has 1 aliphatic rings. The molecule has 0 bridgehead atoms. The number of amides is 1. The standard InChI is InChI=1S/C22H22F2N6O2S.H2/c1-30(2)19-9-13(14-8-16(20(23)24)27-11-17(14)32-3)15(10-28-19)21(31)29-22(26)33-18(25)7-6-12-4-5-12;/h8-12,20,25H,4-5H2,1-3H3,(H2,26,29,31);1H. The molecule has 8 nitrogen and oxygen atoms in total. The van der Waals surface area contributed by atoms with Gasteiger partial charge in [-0.3, -0.25) is 15.2 Å². The molecule has 0 atom stereocenters. The van der Waals surface area contributed by atoms with Crippen LogP contribution in [0.3, 0.4) is 0 Å². The number of thioether (sulfide) groups is 1. The van der Waals surface area contributed by atoms with E-state index in [0.717, 1.165) is 24.6 Å². The number of methoxy groups -OCH3 is 1. The minimum Gasteiger partial charge on any atom is -0.494 e. The summed E-state index contributed by atoms with van der Waals surface area (Å²) in [5, 5.41) is 7.68. The quantitative estimate of drug-likeness (QED) is 0.382. The highest BCUT2D eigenvalue weighted by Crippen LogP contribution is 2.36. The van der Waals surface area contributed by atoms with Gasteiger partial charge in [0.25, 0.3) is 12.3 Å². The molecule has 2 aromatic rings. The number of nitrogens with zero attached hydrogens (tertiary/aromatic N) is 4. The second-order valence-corrected chi connectivity index (χ2v) is 8.35. The van der Waals surface area contributed by atoms with Gasteiger partial charge in [-0.2, -0.15) is 4.99 Å². The average molecular weight is 475 g/mol. The summed E-state index contributed by atoms with van der Waals surface area (Å²) in [6, 6.07) is 2.74. The Morgan fingerprint density at radius 2 is 2.06 bits per heavy atom. The lowest BCUT2D eigenvalue weighted by Crippen LogP contribution is -2.15. The monoisotopic (exact) mass is 474 g/mol. The van der Waals surface area contributed by atoms with Gasteiger partial charge < -0.3 is 15.4 Å². The van der Waals surface area contributed by atoms with Crippen LogP contribution in [-0.2, 0) is 0 Å². The molecule has 0 aliphatic heterocycles. The highest BCUT2D eigenvalue weighted by molar-refractivity contribution is 8.26. The number of rotatable bonds is 5. The summed E-state index contributed by atoms with van der Waals surface area (Å²) in [6.45, 7) is 0. The largest absolute Gasteiger partial charge is 0.494 e. The van der Waals surface area contributed by atoms with Gasteiger partial charge in [0.15, 0.2) is 5.17 Å². The fraction of sp³-hybridized carbons (Fsp3) is 0.318. The number of pyridine rings is 2. The molecule has 174 valence electrons. The van der Waals surface area contributed by atoms with E-state index >= 15 is 0 Å². The molecule has 1 amide bonds. The minimum atomic E-state index is -2.81. The normalized spacial score (nSPS) is 13.3. The van der Waals surface area contributed by atoms with Crippen LogP contribution in [0.5, 0.6) is 5.75 Å². The number of ether oxygens (including phenoxy) is 1. The number of anilines is 1. The van der Waals surface area contributed by atoms with E-state index in [4.69, 9.17) is 15.9 Å². The molecular weight excluding hydrogens is 450 g/mol. The van der Waals surface area contributed by atoms with Crippen LogP contribution in [-0.4, -0.2) is 47.3 Å². The summed E-state index contributed by atoms with van der Waals surface area (Å²) in [4.78, 5) is 26.5. The topological polar surface area (TPSA) is 118 Å². The predicted molar refractivity (Wildman–Crippen MR) is 127 cm³/mol. The van der Waals surface area contributed by atoms with Crippen molar-refractivity contribution < 1.29 is 19.7 Å². The Kier molecular flexibility index (Phi) is 7.60. The fourth-order valence-corrected chi connectivity index (χ4v) is 3.19. The number of hydrogen-bond acceptors (Lipinski definition) is 7. The number of aliphatic imine (C=N–C) groups is 1. The van der Waals surface area contributed by atoms with Gasteiger partial charge in [-0.15, -0.1) is 0 Å². The lowest BCUT2D eigenvalue weighted by molar-refractivity contribution is 0.100. The number of hydrogen-bond donors (Lipinski definition) is 2. The highest BCUT2D eigenvalue weighted by atomic mass is 32.2. The Labute approximate surface area is 195 Å². The van der Waals surface area contributed by atoms with Gasteiger partial charge in [-0.1, -0.05) is 5.92 Å². The number of aromatic nitrogens is 2. The summed E-state index contributed by atoms with van der Waals surface area (Å²) in [5.74, 6) is 5.89. The van der Waals surface area contributed by atoms with Crippen molar-refractivity contribution in [3.63, 3.8) is 0 Å². The summed E-state index contributed by atoms with van der Waals surface area (Å²) >= 11 is 0.770. The third-order valence-electron chi connectivity index (χ3n) is 4.59. The first-order chi connectivity index (χ1) is 15.7. The zero-order valence-electron chi connectivity index (χ0n) is 18.2. The van der Waals surface area contributed by atoms with Crippen LogP contribution in [0.2, 0.25) is 0 Å². The van der Waals surface area contributed by atoms with Crippen LogP contribution in [0.25, 0.3) is 11.1 Å². The lowest BCUT2D eigenvalue weighted by atomic mass is 10.00. The van der Waals surface area contributed by atoms with Crippen LogP contribution in [0.15, 0.2) is 29.5 Å². The summed E-state index contributed by atoms with van der Waals surface area (Å²) in [5.41, 5.74) is 5.93. The molecule has 2 heterocycles. The number of nitrogens with one attached hydrogen (secondary N) is 1. The van der Waals surface area contributed by atoms with Gasteiger partial charge in [0.2, 0.25) is 0 Å². The number of carbonyl (C=O) groups excluding carboxylic acids is 1. The second kappa shape index (κ2) is 10.4. The zero-order chi connectivity index (χ0) is 24.1. The van der Waals surface area contributed by atoms with E-state index in [1.807, 2.05) is 0 Å². The van der Waals surface area contributed by atoms with Crippen molar-refractivity contribution in [2.75, 3.05) is 26.1 Å². The smallest absolute Gasteiger partial charge is 0.281 e. The number of amidine groups is 1. The predicted octanol–water partition coefficient (Wildman–Crippen LogP) is 3.98. The Balaban J connectivity index is 0.00000408. The number of halogens is 2. The molecular formula is C22H24F2N6O2S. The first kappa shape index (κ1) is 24.1. The van der Waals surface area contributed by atoms with Gasteiger partial charge in [0.05, 0.1) is 18.9 Å². The van der Waals surface area contributed by atoms with E-state index < -0.39 is 18.0 Å². The molecule has 0 aromatic carbocycles.